The number of hydrogen-bond donors (Lipinski definition) is 3. The zero-order chi connectivity index (χ0) is 13.5. The summed E-state index contributed by atoms with van der Waals surface area (Å²) in [6.07, 6.45) is -0.0362. The molecule has 0 aliphatic carbocycles. The van der Waals surface area contributed by atoms with Crippen LogP contribution in [0.25, 0.3) is 0 Å². The third-order valence-electron chi connectivity index (χ3n) is 2.77. The van der Waals surface area contributed by atoms with Crippen LogP contribution < -0.4 is 10.6 Å². The van der Waals surface area contributed by atoms with Crippen LogP contribution >= 0.6 is 0 Å². The van der Waals surface area contributed by atoms with Gasteiger partial charge >= 0.3 is 6.03 Å². The van der Waals surface area contributed by atoms with Crippen LogP contribution in [0.2, 0.25) is 0 Å². The van der Waals surface area contributed by atoms with Gasteiger partial charge in [-0.05, 0) is 18.8 Å². The fraction of sp³-hybridized carbons (Fsp3) is 0.917. The molecule has 102 valence electrons. The molecular formula is C12H26N2O3. The average molecular weight is 246 g/mol. The maximum Gasteiger partial charge on any atom is 0.315 e. The van der Waals surface area contributed by atoms with Gasteiger partial charge in [-0.3, -0.25) is 0 Å². The highest BCUT2D eigenvalue weighted by Crippen LogP contribution is 2.18. The second-order valence-electron chi connectivity index (χ2n) is 5.39. The molecule has 0 aromatic rings. The van der Waals surface area contributed by atoms with E-state index in [9.17, 15) is 9.90 Å². The third kappa shape index (κ3) is 7.99. The first-order chi connectivity index (χ1) is 7.77. The molecule has 0 aromatic heterocycles. The summed E-state index contributed by atoms with van der Waals surface area (Å²) in [5, 5.41) is 14.9. The van der Waals surface area contributed by atoms with E-state index < -0.39 is 6.10 Å². The van der Waals surface area contributed by atoms with Crippen molar-refractivity contribution in [3.8, 4) is 0 Å². The summed E-state index contributed by atoms with van der Waals surface area (Å²) in [7, 11) is 1.54. The molecule has 0 aliphatic rings. The second kappa shape index (κ2) is 7.50. The molecule has 17 heavy (non-hydrogen) atoms. The van der Waals surface area contributed by atoms with E-state index >= 15 is 0 Å². The van der Waals surface area contributed by atoms with E-state index in [2.05, 4.69) is 31.4 Å². The van der Waals surface area contributed by atoms with Crippen LogP contribution in [-0.2, 0) is 4.74 Å². The van der Waals surface area contributed by atoms with E-state index in [-0.39, 0.29) is 17.5 Å². The van der Waals surface area contributed by atoms with E-state index in [0.29, 0.717) is 19.6 Å². The van der Waals surface area contributed by atoms with E-state index in [1.54, 1.807) is 0 Å². The monoisotopic (exact) mass is 246 g/mol. The first-order valence-electron chi connectivity index (χ1n) is 5.98. The molecule has 0 aliphatic heterocycles. The number of urea groups is 1. The Hall–Kier alpha value is -0.810. The lowest BCUT2D eigenvalue weighted by atomic mass is 9.88. The lowest BCUT2D eigenvalue weighted by Gasteiger charge is -2.28. The number of nitrogens with one attached hydrogen (secondary N) is 2. The van der Waals surface area contributed by atoms with Gasteiger partial charge in [0.25, 0.3) is 0 Å². The van der Waals surface area contributed by atoms with E-state index in [0.717, 1.165) is 0 Å². The first-order valence-corrected chi connectivity index (χ1v) is 5.98. The number of aliphatic hydroxyl groups excluding tert-OH is 1. The number of hydrogen-bond acceptors (Lipinski definition) is 3. The number of carbonyl (C=O) groups excluding carboxylic acids is 1. The maximum absolute atomic E-state index is 11.5. The fourth-order valence-electron chi connectivity index (χ4n) is 1.09. The lowest BCUT2D eigenvalue weighted by Crippen LogP contribution is -2.46. The number of methoxy groups -OCH3 is 1. The van der Waals surface area contributed by atoms with E-state index in [4.69, 9.17) is 4.74 Å². The van der Waals surface area contributed by atoms with Crippen molar-refractivity contribution in [2.24, 2.45) is 5.41 Å². The normalized spacial score (nSPS) is 15.2. The molecule has 0 heterocycles. The Morgan fingerprint density at radius 2 is 2.00 bits per heavy atom. The molecule has 0 aromatic carbocycles. The van der Waals surface area contributed by atoms with Crippen molar-refractivity contribution in [2.45, 2.75) is 46.3 Å². The molecule has 0 saturated heterocycles. The summed E-state index contributed by atoms with van der Waals surface area (Å²) in [6.45, 7) is 8.91. The summed E-state index contributed by atoms with van der Waals surface area (Å²) in [4.78, 5) is 11.5. The molecule has 0 radical (unpaired) electrons. The van der Waals surface area contributed by atoms with Crippen LogP contribution in [0.5, 0.6) is 0 Å². The molecule has 0 fully saturated rings. The smallest absolute Gasteiger partial charge is 0.315 e. The van der Waals surface area contributed by atoms with Crippen LogP contribution in [-0.4, -0.2) is 43.5 Å². The predicted octanol–water partition coefficient (Wildman–Crippen LogP) is 1.12. The summed E-state index contributed by atoms with van der Waals surface area (Å²) >= 11 is 0. The SMILES string of the molecule is COCC(O)CCNC(=O)NC(C)C(C)(C)C. The third-order valence-corrected chi connectivity index (χ3v) is 2.77. The predicted molar refractivity (Wildman–Crippen MR) is 68.0 cm³/mol. The number of aliphatic hydroxyl groups is 1. The topological polar surface area (TPSA) is 70.6 Å². The summed E-state index contributed by atoms with van der Waals surface area (Å²) in [5.41, 5.74) is 0.0346. The molecule has 0 spiro atoms. The van der Waals surface area contributed by atoms with Gasteiger partial charge in [-0.2, -0.15) is 0 Å². The van der Waals surface area contributed by atoms with Gasteiger partial charge in [0.05, 0.1) is 12.7 Å². The number of rotatable bonds is 6. The molecule has 2 amide bonds. The largest absolute Gasteiger partial charge is 0.391 e. The van der Waals surface area contributed by atoms with Crippen molar-refractivity contribution >= 4 is 6.03 Å². The summed E-state index contributed by atoms with van der Waals surface area (Å²) in [6, 6.07) is -0.108. The average Bonchev–Trinajstić information content (AvgIpc) is 2.16. The highest BCUT2D eigenvalue weighted by Gasteiger charge is 2.21. The second-order valence-corrected chi connectivity index (χ2v) is 5.39. The zero-order valence-electron chi connectivity index (χ0n) is 11.5. The Balaban J connectivity index is 3.74. The van der Waals surface area contributed by atoms with Crippen LogP contribution in [0.1, 0.15) is 34.1 Å². The van der Waals surface area contributed by atoms with Gasteiger partial charge in [-0.15, -0.1) is 0 Å². The highest BCUT2D eigenvalue weighted by molar-refractivity contribution is 5.74. The molecule has 5 heteroatoms. The Labute approximate surface area is 104 Å². The van der Waals surface area contributed by atoms with Gasteiger partial charge in [-0.25, -0.2) is 4.79 Å². The van der Waals surface area contributed by atoms with Gasteiger partial charge < -0.3 is 20.5 Å². The van der Waals surface area contributed by atoms with Crippen LogP contribution in [0.15, 0.2) is 0 Å². The molecule has 2 unspecified atom stereocenters. The van der Waals surface area contributed by atoms with Crippen molar-refractivity contribution in [2.75, 3.05) is 20.3 Å². The van der Waals surface area contributed by atoms with Gasteiger partial charge in [0.15, 0.2) is 0 Å². The van der Waals surface area contributed by atoms with Crippen molar-refractivity contribution in [1.29, 1.82) is 0 Å². The zero-order valence-corrected chi connectivity index (χ0v) is 11.5. The van der Waals surface area contributed by atoms with Gasteiger partial charge in [0, 0.05) is 19.7 Å². The minimum absolute atomic E-state index is 0.0346. The highest BCUT2D eigenvalue weighted by atomic mass is 16.5. The summed E-state index contributed by atoms with van der Waals surface area (Å²) in [5.74, 6) is 0. The Kier molecular flexibility index (Phi) is 7.15. The van der Waals surface area contributed by atoms with Crippen molar-refractivity contribution in [3.05, 3.63) is 0 Å². The van der Waals surface area contributed by atoms with Crippen molar-refractivity contribution in [1.82, 2.24) is 10.6 Å². The Morgan fingerprint density at radius 3 is 2.47 bits per heavy atom. The Morgan fingerprint density at radius 1 is 1.41 bits per heavy atom. The maximum atomic E-state index is 11.5. The first kappa shape index (κ1) is 16.2. The van der Waals surface area contributed by atoms with Crippen LogP contribution in [0.3, 0.4) is 0 Å². The summed E-state index contributed by atoms with van der Waals surface area (Å²) < 4.78 is 4.79. The quantitative estimate of drug-likeness (QED) is 0.657. The molecular weight excluding hydrogens is 220 g/mol. The Bertz CT molecular complexity index is 226. The minimum atomic E-state index is -0.527. The van der Waals surface area contributed by atoms with Crippen molar-refractivity contribution in [3.63, 3.8) is 0 Å². The van der Waals surface area contributed by atoms with E-state index in [1.165, 1.54) is 7.11 Å². The van der Waals surface area contributed by atoms with E-state index in [1.807, 2.05) is 6.92 Å². The molecule has 5 nitrogen and oxygen atoms in total. The fourth-order valence-corrected chi connectivity index (χ4v) is 1.09. The van der Waals surface area contributed by atoms with Gasteiger partial charge in [0.2, 0.25) is 0 Å². The molecule has 0 saturated carbocycles. The van der Waals surface area contributed by atoms with Crippen LogP contribution in [0.4, 0.5) is 4.79 Å². The molecule has 3 N–H and O–H groups in total. The standard InChI is InChI=1S/C12H26N2O3/c1-9(12(2,3)4)14-11(16)13-7-6-10(15)8-17-5/h9-10,15H,6-8H2,1-5H3,(H2,13,14,16). The van der Waals surface area contributed by atoms with Crippen LogP contribution in [0, 0.1) is 5.41 Å². The molecule has 0 bridgehead atoms. The number of carbonyl (C=O) groups is 1. The lowest BCUT2D eigenvalue weighted by molar-refractivity contribution is 0.0598. The minimum Gasteiger partial charge on any atom is -0.391 e. The number of amides is 2. The van der Waals surface area contributed by atoms with Crippen molar-refractivity contribution < 1.29 is 14.6 Å². The number of ether oxygens (including phenoxy) is 1. The molecule has 2 atom stereocenters. The van der Waals surface area contributed by atoms with Gasteiger partial charge in [-0.1, -0.05) is 20.8 Å². The molecule has 0 rings (SSSR count). The van der Waals surface area contributed by atoms with Gasteiger partial charge in [0.1, 0.15) is 0 Å².